The molecule has 0 aromatic rings. The molecule has 2 heteroatoms. The van der Waals surface area contributed by atoms with Gasteiger partial charge in [0.1, 0.15) is 0 Å². The summed E-state index contributed by atoms with van der Waals surface area (Å²) in [5, 5.41) is 3.60. The molecule has 0 aromatic heterocycles. The molecule has 17 heavy (non-hydrogen) atoms. The molecule has 2 aliphatic rings. The van der Waals surface area contributed by atoms with Gasteiger partial charge in [-0.05, 0) is 51.1 Å². The van der Waals surface area contributed by atoms with Crippen LogP contribution in [0.4, 0.5) is 0 Å². The molecular weight excluding hydrogens is 208 g/mol. The van der Waals surface area contributed by atoms with Gasteiger partial charge >= 0.3 is 0 Å². The molecule has 0 aromatic carbocycles. The Labute approximate surface area is 107 Å². The van der Waals surface area contributed by atoms with E-state index in [0.29, 0.717) is 5.41 Å². The molecule has 0 bridgehead atoms. The summed E-state index contributed by atoms with van der Waals surface area (Å²) in [6, 6.07) is 0.808. The predicted molar refractivity (Wildman–Crippen MR) is 74.3 cm³/mol. The lowest BCUT2D eigenvalue weighted by atomic mass is 9.80. The van der Waals surface area contributed by atoms with E-state index >= 15 is 0 Å². The molecule has 2 rings (SSSR count). The molecule has 0 saturated carbocycles. The van der Waals surface area contributed by atoms with Crippen molar-refractivity contribution in [1.29, 1.82) is 0 Å². The van der Waals surface area contributed by atoms with Crippen molar-refractivity contribution < 1.29 is 0 Å². The van der Waals surface area contributed by atoms with E-state index in [1.165, 1.54) is 71.1 Å². The van der Waals surface area contributed by atoms with Crippen LogP contribution in [0.25, 0.3) is 0 Å². The maximum absolute atomic E-state index is 3.60. The van der Waals surface area contributed by atoms with Crippen LogP contribution < -0.4 is 5.32 Å². The molecule has 2 atom stereocenters. The predicted octanol–water partition coefficient (Wildman–Crippen LogP) is 3.03. The minimum atomic E-state index is 0.636. The highest BCUT2D eigenvalue weighted by molar-refractivity contribution is 4.95. The fourth-order valence-corrected chi connectivity index (χ4v) is 3.60. The van der Waals surface area contributed by atoms with Crippen LogP contribution in [0.2, 0.25) is 0 Å². The van der Waals surface area contributed by atoms with E-state index in [9.17, 15) is 0 Å². The third kappa shape index (κ3) is 3.45. The third-order valence-corrected chi connectivity index (χ3v) is 4.88. The average molecular weight is 238 g/mol. The van der Waals surface area contributed by atoms with Crippen LogP contribution in [0.3, 0.4) is 0 Å². The number of hydrogen-bond acceptors (Lipinski definition) is 2. The minimum absolute atomic E-state index is 0.636. The Morgan fingerprint density at radius 2 is 2.18 bits per heavy atom. The van der Waals surface area contributed by atoms with Crippen molar-refractivity contribution in [2.45, 2.75) is 64.8 Å². The van der Waals surface area contributed by atoms with Crippen LogP contribution in [0, 0.1) is 5.41 Å². The molecular formula is C15H30N2. The summed E-state index contributed by atoms with van der Waals surface area (Å²) in [5.74, 6) is 0. The largest absolute Gasteiger partial charge is 0.316 e. The lowest BCUT2D eigenvalue weighted by Gasteiger charge is -2.35. The smallest absolute Gasteiger partial charge is 0.00671 e. The summed E-state index contributed by atoms with van der Waals surface area (Å²) in [7, 11) is 0. The molecule has 0 radical (unpaired) electrons. The van der Waals surface area contributed by atoms with E-state index in [0.717, 1.165) is 6.04 Å². The first kappa shape index (κ1) is 13.4. The van der Waals surface area contributed by atoms with Gasteiger partial charge in [0.25, 0.3) is 0 Å². The van der Waals surface area contributed by atoms with E-state index in [2.05, 4.69) is 24.1 Å². The summed E-state index contributed by atoms with van der Waals surface area (Å²) >= 11 is 0. The zero-order valence-electron chi connectivity index (χ0n) is 11.8. The van der Waals surface area contributed by atoms with Crippen molar-refractivity contribution in [1.82, 2.24) is 10.2 Å². The summed E-state index contributed by atoms with van der Waals surface area (Å²) in [6.07, 6.45) is 9.84. The summed E-state index contributed by atoms with van der Waals surface area (Å²) in [4.78, 5) is 2.75. The fraction of sp³-hybridized carbons (Fsp3) is 1.00. The maximum Gasteiger partial charge on any atom is 0.00671 e. The summed E-state index contributed by atoms with van der Waals surface area (Å²) < 4.78 is 0. The van der Waals surface area contributed by atoms with Crippen molar-refractivity contribution in [3.8, 4) is 0 Å². The van der Waals surface area contributed by atoms with E-state index in [1.807, 2.05) is 0 Å². The average Bonchev–Trinajstić information content (AvgIpc) is 2.74. The van der Waals surface area contributed by atoms with Gasteiger partial charge in [-0.15, -0.1) is 0 Å². The van der Waals surface area contributed by atoms with Crippen molar-refractivity contribution in [2.24, 2.45) is 5.41 Å². The standard InChI is InChI=1S/C15H30N2/c1-3-4-5-7-14(2)17-11-9-15(13-17)8-6-10-16-12-15/h14,16H,3-13H2,1-2H3. The molecule has 2 unspecified atom stereocenters. The van der Waals surface area contributed by atoms with E-state index in [4.69, 9.17) is 0 Å². The van der Waals surface area contributed by atoms with E-state index < -0.39 is 0 Å². The number of hydrogen-bond donors (Lipinski definition) is 1. The van der Waals surface area contributed by atoms with Crippen LogP contribution in [-0.2, 0) is 0 Å². The van der Waals surface area contributed by atoms with Gasteiger partial charge < -0.3 is 10.2 Å². The van der Waals surface area contributed by atoms with E-state index in [1.54, 1.807) is 0 Å². The fourth-order valence-electron chi connectivity index (χ4n) is 3.60. The molecule has 0 aliphatic carbocycles. The first-order valence-electron chi connectivity index (χ1n) is 7.70. The molecule has 2 heterocycles. The highest BCUT2D eigenvalue weighted by Crippen LogP contribution is 2.37. The third-order valence-electron chi connectivity index (χ3n) is 4.88. The molecule has 1 N–H and O–H groups in total. The monoisotopic (exact) mass is 238 g/mol. The Bertz CT molecular complexity index is 221. The van der Waals surface area contributed by atoms with Crippen molar-refractivity contribution >= 4 is 0 Å². The second kappa shape index (κ2) is 6.19. The number of rotatable bonds is 5. The molecule has 0 amide bonds. The Kier molecular flexibility index (Phi) is 4.87. The van der Waals surface area contributed by atoms with Gasteiger partial charge in [0.05, 0.1) is 0 Å². The Balaban J connectivity index is 1.76. The van der Waals surface area contributed by atoms with Crippen LogP contribution in [0.5, 0.6) is 0 Å². The Hall–Kier alpha value is -0.0800. The highest BCUT2D eigenvalue weighted by Gasteiger charge is 2.39. The van der Waals surface area contributed by atoms with Crippen molar-refractivity contribution in [3.05, 3.63) is 0 Å². The van der Waals surface area contributed by atoms with Gasteiger partial charge in [-0.25, -0.2) is 0 Å². The maximum atomic E-state index is 3.60. The van der Waals surface area contributed by atoms with Crippen molar-refractivity contribution in [3.63, 3.8) is 0 Å². The van der Waals surface area contributed by atoms with Crippen LogP contribution in [-0.4, -0.2) is 37.1 Å². The van der Waals surface area contributed by atoms with Crippen LogP contribution in [0.15, 0.2) is 0 Å². The molecule has 2 nitrogen and oxygen atoms in total. The number of unbranched alkanes of at least 4 members (excludes halogenated alkanes) is 2. The minimum Gasteiger partial charge on any atom is -0.316 e. The van der Waals surface area contributed by atoms with Gasteiger partial charge in [-0.2, -0.15) is 0 Å². The molecule has 2 saturated heterocycles. The van der Waals surface area contributed by atoms with Crippen molar-refractivity contribution in [2.75, 3.05) is 26.2 Å². The first-order valence-corrected chi connectivity index (χ1v) is 7.70. The zero-order chi connectivity index (χ0) is 12.1. The summed E-state index contributed by atoms with van der Waals surface area (Å²) in [6.45, 7) is 9.94. The zero-order valence-corrected chi connectivity index (χ0v) is 11.8. The first-order chi connectivity index (χ1) is 8.26. The number of nitrogens with one attached hydrogen (secondary N) is 1. The SMILES string of the molecule is CCCCCC(C)N1CCC2(CCCNC2)C1. The lowest BCUT2D eigenvalue weighted by molar-refractivity contribution is 0.173. The van der Waals surface area contributed by atoms with Gasteiger partial charge in [-0.1, -0.05) is 26.2 Å². The van der Waals surface area contributed by atoms with Crippen LogP contribution in [0.1, 0.15) is 58.8 Å². The normalized spacial score (nSPS) is 32.1. The molecule has 2 fully saturated rings. The van der Waals surface area contributed by atoms with E-state index in [-0.39, 0.29) is 0 Å². The summed E-state index contributed by atoms with van der Waals surface area (Å²) in [5.41, 5.74) is 0.636. The second-order valence-electron chi connectivity index (χ2n) is 6.35. The number of nitrogens with zero attached hydrogens (tertiary/aromatic N) is 1. The Morgan fingerprint density at radius 1 is 1.29 bits per heavy atom. The molecule has 100 valence electrons. The lowest BCUT2D eigenvalue weighted by Crippen LogP contribution is -2.43. The van der Waals surface area contributed by atoms with Crippen LogP contribution >= 0.6 is 0 Å². The molecule has 1 spiro atoms. The van der Waals surface area contributed by atoms with Gasteiger partial charge in [-0.3, -0.25) is 0 Å². The number of likely N-dealkylation sites (tertiary alicyclic amines) is 1. The van der Waals surface area contributed by atoms with Gasteiger partial charge in [0.15, 0.2) is 0 Å². The molecule has 2 aliphatic heterocycles. The Morgan fingerprint density at radius 3 is 2.88 bits per heavy atom. The quantitative estimate of drug-likeness (QED) is 0.741. The van der Waals surface area contributed by atoms with Gasteiger partial charge in [0.2, 0.25) is 0 Å². The highest BCUT2D eigenvalue weighted by atomic mass is 15.2. The topological polar surface area (TPSA) is 15.3 Å². The second-order valence-corrected chi connectivity index (χ2v) is 6.35. The van der Waals surface area contributed by atoms with Gasteiger partial charge in [0, 0.05) is 19.1 Å². The number of piperidine rings is 1.